The fourth-order valence-corrected chi connectivity index (χ4v) is 2.14. The van der Waals surface area contributed by atoms with Gasteiger partial charge in [-0.15, -0.1) is 0 Å². The zero-order valence-corrected chi connectivity index (χ0v) is 9.35. The summed E-state index contributed by atoms with van der Waals surface area (Å²) >= 11 is 0. The predicted octanol–water partition coefficient (Wildman–Crippen LogP) is 1.46. The summed E-state index contributed by atoms with van der Waals surface area (Å²) in [5, 5.41) is 8.63. The molecule has 88 valence electrons. The van der Waals surface area contributed by atoms with Crippen molar-refractivity contribution in [1.82, 2.24) is 9.88 Å². The first-order chi connectivity index (χ1) is 7.66. The molecule has 1 N–H and O–H groups in total. The third-order valence-corrected chi connectivity index (χ3v) is 2.98. The molecule has 0 bridgehead atoms. The number of nitrogens with zero attached hydrogens (tertiary/aromatic N) is 2. The lowest BCUT2D eigenvalue weighted by Crippen LogP contribution is -2.29. The molecule has 0 aromatic carbocycles. The highest BCUT2D eigenvalue weighted by Crippen LogP contribution is 2.28. The van der Waals surface area contributed by atoms with Crippen LogP contribution in [0.4, 0.5) is 0 Å². The van der Waals surface area contributed by atoms with Gasteiger partial charge in [0.2, 0.25) is 5.89 Å². The number of hydrogen-bond acceptors (Lipinski definition) is 4. The summed E-state index contributed by atoms with van der Waals surface area (Å²) in [5.41, 5.74) is 0.860. The molecule has 2 heterocycles. The van der Waals surface area contributed by atoms with E-state index in [1.54, 1.807) is 6.26 Å². The Morgan fingerprint density at radius 1 is 1.69 bits per heavy atom. The average molecular weight is 224 g/mol. The van der Waals surface area contributed by atoms with Crippen molar-refractivity contribution in [2.75, 3.05) is 13.6 Å². The monoisotopic (exact) mass is 224 g/mol. The molecule has 1 aliphatic rings. The van der Waals surface area contributed by atoms with Crippen LogP contribution >= 0.6 is 0 Å². The van der Waals surface area contributed by atoms with E-state index in [4.69, 9.17) is 9.52 Å². The number of likely N-dealkylation sites (tertiary alicyclic amines) is 1. The van der Waals surface area contributed by atoms with Gasteiger partial charge in [-0.25, -0.2) is 4.98 Å². The Labute approximate surface area is 94.1 Å². The molecule has 0 amide bonds. The van der Waals surface area contributed by atoms with Gasteiger partial charge >= 0.3 is 5.97 Å². The number of oxazole rings is 1. The van der Waals surface area contributed by atoms with E-state index in [0.717, 1.165) is 18.7 Å². The number of carbonyl (C=O) groups is 1. The molecule has 1 saturated heterocycles. The number of hydrogen-bond donors (Lipinski definition) is 1. The minimum atomic E-state index is -0.912. The van der Waals surface area contributed by atoms with E-state index < -0.39 is 5.97 Å². The highest BCUT2D eigenvalue weighted by molar-refractivity contribution is 5.68. The summed E-state index contributed by atoms with van der Waals surface area (Å²) < 4.78 is 5.16. The molecular weight excluding hydrogens is 208 g/mol. The van der Waals surface area contributed by atoms with Crippen LogP contribution in [-0.2, 0) is 11.2 Å². The molecule has 16 heavy (non-hydrogen) atoms. The van der Waals surface area contributed by atoms with Crippen LogP contribution in [0.2, 0.25) is 0 Å². The van der Waals surface area contributed by atoms with E-state index >= 15 is 0 Å². The lowest BCUT2D eigenvalue weighted by molar-refractivity contribution is -0.136. The lowest BCUT2D eigenvalue weighted by Gasteiger charge is -2.30. The fraction of sp³-hybridized carbons (Fsp3) is 0.636. The van der Waals surface area contributed by atoms with E-state index in [1.165, 1.54) is 12.8 Å². The molecule has 1 atom stereocenters. The first-order valence-electron chi connectivity index (χ1n) is 5.53. The van der Waals surface area contributed by atoms with Crippen LogP contribution in [-0.4, -0.2) is 34.6 Å². The number of aliphatic carboxylic acids is 1. The Morgan fingerprint density at radius 2 is 2.50 bits per heavy atom. The topological polar surface area (TPSA) is 66.6 Å². The Morgan fingerprint density at radius 3 is 3.19 bits per heavy atom. The van der Waals surface area contributed by atoms with Gasteiger partial charge in [-0.05, 0) is 26.4 Å². The molecular formula is C11H16N2O3. The first-order valence-corrected chi connectivity index (χ1v) is 5.53. The highest BCUT2D eigenvalue weighted by atomic mass is 16.4. The number of carboxylic acids is 1. The molecule has 0 radical (unpaired) electrons. The molecule has 5 heteroatoms. The van der Waals surface area contributed by atoms with Crippen molar-refractivity contribution in [2.45, 2.75) is 31.7 Å². The third-order valence-electron chi connectivity index (χ3n) is 2.98. The summed E-state index contributed by atoms with van der Waals surface area (Å²) in [6.07, 6.45) is 4.92. The van der Waals surface area contributed by atoms with Crippen LogP contribution in [0.1, 0.15) is 36.9 Å². The molecule has 1 fully saturated rings. The van der Waals surface area contributed by atoms with Crippen LogP contribution < -0.4 is 0 Å². The van der Waals surface area contributed by atoms with Gasteiger partial charge in [-0.2, -0.15) is 0 Å². The number of rotatable bonds is 3. The molecule has 2 rings (SSSR count). The Bertz CT molecular complexity index is 375. The maximum Gasteiger partial charge on any atom is 0.312 e. The van der Waals surface area contributed by atoms with Crippen molar-refractivity contribution in [2.24, 2.45) is 0 Å². The van der Waals surface area contributed by atoms with Crippen molar-refractivity contribution in [3.05, 3.63) is 17.8 Å². The highest BCUT2D eigenvalue weighted by Gasteiger charge is 2.23. The summed E-state index contributed by atoms with van der Waals surface area (Å²) in [5.74, 6) is -0.619. The molecule has 1 aliphatic heterocycles. The Hall–Kier alpha value is -1.36. The van der Waals surface area contributed by atoms with Crippen molar-refractivity contribution in [3.63, 3.8) is 0 Å². The largest absolute Gasteiger partial charge is 0.481 e. The minimum Gasteiger partial charge on any atom is -0.481 e. The number of aromatic nitrogens is 1. The normalized spacial score (nSPS) is 22.2. The molecule has 5 nitrogen and oxygen atoms in total. The third kappa shape index (κ3) is 2.41. The second-order valence-electron chi connectivity index (χ2n) is 4.23. The number of piperidine rings is 1. The summed E-state index contributed by atoms with van der Waals surface area (Å²) in [7, 11) is 2.06. The second kappa shape index (κ2) is 4.65. The van der Waals surface area contributed by atoms with E-state index in [0.29, 0.717) is 5.89 Å². The Balaban J connectivity index is 2.08. The molecule has 0 spiro atoms. The minimum absolute atomic E-state index is 0.142. The van der Waals surface area contributed by atoms with Crippen molar-refractivity contribution < 1.29 is 14.3 Å². The van der Waals surface area contributed by atoms with Gasteiger partial charge in [-0.3, -0.25) is 9.69 Å². The maximum atomic E-state index is 10.5. The van der Waals surface area contributed by atoms with Crippen molar-refractivity contribution in [3.8, 4) is 0 Å². The van der Waals surface area contributed by atoms with Gasteiger partial charge in [0, 0.05) is 0 Å². The lowest BCUT2D eigenvalue weighted by atomic mass is 10.0. The first kappa shape index (κ1) is 11.1. The molecule has 1 unspecified atom stereocenters. The zero-order chi connectivity index (χ0) is 11.5. The average Bonchev–Trinajstić information content (AvgIpc) is 2.66. The van der Waals surface area contributed by atoms with Gasteiger partial charge < -0.3 is 9.52 Å². The molecule has 1 aromatic rings. The maximum absolute atomic E-state index is 10.5. The van der Waals surface area contributed by atoms with E-state index in [1.807, 2.05) is 0 Å². The summed E-state index contributed by atoms with van der Waals surface area (Å²) in [6.45, 7) is 1.06. The number of carboxylic acid groups (broad SMARTS) is 1. The molecule has 1 aromatic heterocycles. The van der Waals surface area contributed by atoms with Crippen LogP contribution in [0, 0.1) is 0 Å². The SMILES string of the molecule is CN1CCCCC1c1coc(CC(=O)O)n1. The van der Waals surface area contributed by atoms with E-state index in [2.05, 4.69) is 16.9 Å². The van der Waals surface area contributed by atoms with Gasteiger partial charge in [-0.1, -0.05) is 6.42 Å². The van der Waals surface area contributed by atoms with Gasteiger partial charge in [0.05, 0.1) is 11.7 Å². The van der Waals surface area contributed by atoms with Gasteiger partial charge in [0.1, 0.15) is 12.7 Å². The predicted molar refractivity (Wildman–Crippen MR) is 57.1 cm³/mol. The molecule has 0 saturated carbocycles. The smallest absolute Gasteiger partial charge is 0.312 e. The molecule has 0 aliphatic carbocycles. The van der Waals surface area contributed by atoms with Crippen LogP contribution in [0.5, 0.6) is 0 Å². The fourth-order valence-electron chi connectivity index (χ4n) is 2.14. The van der Waals surface area contributed by atoms with Gasteiger partial charge in [0.25, 0.3) is 0 Å². The zero-order valence-electron chi connectivity index (χ0n) is 9.35. The Kier molecular flexibility index (Phi) is 3.24. The van der Waals surface area contributed by atoms with Crippen LogP contribution in [0.25, 0.3) is 0 Å². The summed E-state index contributed by atoms with van der Waals surface area (Å²) in [4.78, 5) is 17.0. The van der Waals surface area contributed by atoms with Gasteiger partial charge in [0.15, 0.2) is 0 Å². The van der Waals surface area contributed by atoms with Crippen LogP contribution in [0.3, 0.4) is 0 Å². The summed E-state index contributed by atoms with van der Waals surface area (Å²) in [6, 6.07) is 0.278. The standard InChI is InChI=1S/C11H16N2O3/c1-13-5-3-2-4-9(13)8-7-16-10(12-8)6-11(14)15/h7,9H,2-6H2,1H3,(H,14,15). The van der Waals surface area contributed by atoms with Crippen molar-refractivity contribution in [1.29, 1.82) is 0 Å². The van der Waals surface area contributed by atoms with Crippen molar-refractivity contribution >= 4 is 5.97 Å². The van der Waals surface area contributed by atoms with Crippen LogP contribution in [0.15, 0.2) is 10.7 Å². The quantitative estimate of drug-likeness (QED) is 0.841. The second-order valence-corrected chi connectivity index (χ2v) is 4.23. The van der Waals surface area contributed by atoms with E-state index in [-0.39, 0.29) is 12.5 Å². The van der Waals surface area contributed by atoms with E-state index in [9.17, 15) is 4.79 Å².